The van der Waals surface area contributed by atoms with Crippen LogP contribution in [-0.2, 0) is 4.79 Å². The molecule has 1 amide bonds. The van der Waals surface area contributed by atoms with Gasteiger partial charge in [0.1, 0.15) is 5.82 Å². The summed E-state index contributed by atoms with van der Waals surface area (Å²) >= 11 is 6.20. The van der Waals surface area contributed by atoms with Gasteiger partial charge in [0.15, 0.2) is 0 Å². The van der Waals surface area contributed by atoms with Crippen LogP contribution in [0.2, 0.25) is 5.02 Å². The molecule has 0 spiro atoms. The molecule has 0 saturated carbocycles. The SMILES string of the molecule is CC(N)CN1CC(C(=O)N2CCN(c3ccccc3F)CC2)c2ccc(Cl)cc21. The number of para-hydroxylation sites is 1. The molecular weight excluding hydrogens is 391 g/mol. The molecule has 2 aromatic carbocycles. The lowest BCUT2D eigenvalue weighted by Gasteiger charge is -2.37. The molecule has 2 N–H and O–H groups in total. The quantitative estimate of drug-likeness (QED) is 0.832. The molecule has 2 atom stereocenters. The van der Waals surface area contributed by atoms with E-state index in [2.05, 4.69) is 4.90 Å². The van der Waals surface area contributed by atoms with Crippen LogP contribution in [0.25, 0.3) is 0 Å². The van der Waals surface area contributed by atoms with Gasteiger partial charge in [0, 0.05) is 56.0 Å². The summed E-state index contributed by atoms with van der Waals surface area (Å²) in [6.45, 7) is 5.66. The number of fused-ring (bicyclic) bond motifs is 1. The molecule has 1 fully saturated rings. The van der Waals surface area contributed by atoms with Gasteiger partial charge in [-0.2, -0.15) is 0 Å². The number of nitrogens with two attached hydrogens (primary N) is 1. The number of nitrogens with zero attached hydrogens (tertiary/aromatic N) is 3. The smallest absolute Gasteiger partial charge is 0.232 e. The van der Waals surface area contributed by atoms with E-state index in [-0.39, 0.29) is 23.7 Å². The largest absolute Gasteiger partial charge is 0.369 e. The minimum Gasteiger partial charge on any atom is -0.369 e. The van der Waals surface area contributed by atoms with Crippen LogP contribution in [0.15, 0.2) is 42.5 Å². The van der Waals surface area contributed by atoms with Crippen molar-refractivity contribution in [2.45, 2.75) is 18.9 Å². The molecule has 2 heterocycles. The third kappa shape index (κ3) is 4.05. The molecule has 0 aliphatic carbocycles. The molecule has 0 aromatic heterocycles. The zero-order chi connectivity index (χ0) is 20.5. The monoisotopic (exact) mass is 416 g/mol. The number of piperazine rings is 1. The molecule has 154 valence electrons. The Hall–Kier alpha value is -2.31. The van der Waals surface area contributed by atoms with E-state index in [9.17, 15) is 9.18 Å². The van der Waals surface area contributed by atoms with Crippen molar-refractivity contribution in [2.24, 2.45) is 5.73 Å². The van der Waals surface area contributed by atoms with Crippen molar-refractivity contribution in [2.75, 3.05) is 49.1 Å². The highest BCUT2D eigenvalue weighted by Crippen LogP contribution is 2.39. The van der Waals surface area contributed by atoms with E-state index in [1.807, 2.05) is 41.0 Å². The lowest BCUT2D eigenvalue weighted by molar-refractivity contribution is -0.132. The number of hydrogen-bond acceptors (Lipinski definition) is 4. The van der Waals surface area contributed by atoms with Crippen LogP contribution in [0.1, 0.15) is 18.4 Å². The van der Waals surface area contributed by atoms with Crippen molar-refractivity contribution in [1.29, 1.82) is 0 Å². The fraction of sp³-hybridized carbons (Fsp3) is 0.409. The lowest BCUT2D eigenvalue weighted by atomic mass is 9.99. The maximum absolute atomic E-state index is 14.1. The second-order valence-electron chi connectivity index (χ2n) is 7.90. The van der Waals surface area contributed by atoms with Crippen LogP contribution in [0.5, 0.6) is 0 Å². The maximum atomic E-state index is 14.1. The number of benzene rings is 2. The molecule has 29 heavy (non-hydrogen) atoms. The number of hydrogen-bond donors (Lipinski definition) is 1. The first-order valence-corrected chi connectivity index (χ1v) is 10.4. The minimum atomic E-state index is -0.222. The highest BCUT2D eigenvalue weighted by Gasteiger charge is 2.37. The number of anilines is 2. The third-order valence-electron chi connectivity index (χ3n) is 5.70. The van der Waals surface area contributed by atoms with Gasteiger partial charge in [-0.05, 0) is 36.8 Å². The summed E-state index contributed by atoms with van der Waals surface area (Å²) in [5.74, 6) is -0.324. The van der Waals surface area contributed by atoms with Crippen LogP contribution in [0.4, 0.5) is 15.8 Å². The van der Waals surface area contributed by atoms with Crippen molar-refractivity contribution in [1.82, 2.24) is 4.90 Å². The van der Waals surface area contributed by atoms with Crippen LogP contribution < -0.4 is 15.5 Å². The van der Waals surface area contributed by atoms with E-state index in [4.69, 9.17) is 17.3 Å². The molecule has 0 bridgehead atoms. The van der Waals surface area contributed by atoms with Gasteiger partial charge in [-0.3, -0.25) is 4.79 Å². The first-order chi connectivity index (χ1) is 13.9. The van der Waals surface area contributed by atoms with Crippen molar-refractivity contribution in [3.8, 4) is 0 Å². The topological polar surface area (TPSA) is 52.8 Å². The average Bonchev–Trinajstić information content (AvgIpc) is 3.05. The van der Waals surface area contributed by atoms with Gasteiger partial charge in [0.05, 0.1) is 11.6 Å². The third-order valence-corrected chi connectivity index (χ3v) is 5.94. The highest BCUT2D eigenvalue weighted by molar-refractivity contribution is 6.31. The molecule has 2 unspecified atom stereocenters. The van der Waals surface area contributed by atoms with E-state index in [1.165, 1.54) is 6.07 Å². The van der Waals surface area contributed by atoms with Crippen molar-refractivity contribution in [3.63, 3.8) is 0 Å². The van der Waals surface area contributed by atoms with E-state index < -0.39 is 0 Å². The van der Waals surface area contributed by atoms with Crippen molar-refractivity contribution in [3.05, 3.63) is 58.9 Å². The fourth-order valence-corrected chi connectivity index (χ4v) is 4.50. The van der Waals surface area contributed by atoms with Crippen LogP contribution in [0.3, 0.4) is 0 Å². The van der Waals surface area contributed by atoms with Crippen molar-refractivity contribution >= 4 is 28.9 Å². The summed E-state index contributed by atoms with van der Waals surface area (Å²) in [5, 5.41) is 0.657. The Kier molecular flexibility index (Phi) is 5.65. The molecule has 2 aliphatic heterocycles. The Labute approximate surface area is 175 Å². The summed E-state index contributed by atoms with van der Waals surface area (Å²) in [4.78, 5) is 19.4. The number of rotatable bonds is 4. The zero-order valence-corrected chi connectivity index (χ0v) is 17.3. The Balaban J connectivity index is 1.47. The van der Waals surface area contributed by atoms with E-state index >= 15 is 0 Å². The highest BCUT2D eigenvalue weighted by atomic mass is 35.5. The molecule has 2 aliphatic rings. The summed E-state index contributed by atoms with van der Waals surface area (Å²) < 4.78 is 14.1. The summed E-state index contributed by atoms with van der Waals surface area (Å²) in [7, 11) is 0. The molecule has 4 rings (SSSR count). The van der Waals surface area contributed by atoms with Gasteiger partial charge >= 0.3 is 0 Å². The van der Waals surface area contributed by atoms with Crippen LogP contribution >= 0.6 is 11.6 Å². The zero-order valence-electron chi connectivity index (χ0n) is 16.5. The lowest BCUT2D eigenvalue weighted by Crippen LogP contribution is -2.50. The summed E-state index contributed by atoms with van der Waals surface area (Å²) in [5.41, 5.74) is 8.62. The second-order valence-corrected chi connectivity index (χ2v) is 8.34. The first-order valence-electron chi connectivity index (χ1n) is 10.0. The molecule has 7 heteroatoms. The Morgan fingerprint density at radius 1 is 1.17 bits per heavy atom. The molecule has 5 nitrogen and oxygen atoms in total. The summed E-state index contributed by atoms with van der Waals surface area (Å²) in [6, 6.07) is 12.5. The predicted octanol–water partition coefficient (Wildman–Crippen LogP) is 3.08. The normalized spacial score (nSPS) is 20.0. The Bertz CT molecular complexity index is 898. The first kappa shape index (κ1) is 20.0. The van der Waals surface area contributed by atoms with Crippen LogP contribution in [0, 0.1) is 5.82 Å². The van der Waals surface area contributed by atoms with E-state index in [0.29, 0.717) is 50.0 Å². The van der Waals surface area contributed by atoms with Crippen LogP contribution in [-0.4, -0.2) is 56.1 Å². The standard InChI is InChI=1S/C22H26ClFN4O/c1-15(25)13-28-14-18(17-7-6-16(23)12-21(17)28)22(29)27-10-8-26(9-11-27)20-5-3-2-4-19(20)24/h2-7,12,15,18H,8-11,13-14,25H2,1H3. The van der Waals surface area contributed by atoms with Gasteiger partial charge in [0.2, 0.25) is 5.91 Å². The number of carbonyl (C=O) groups is 1. The van der Waals surface area contributed by atoms with Gasteiger partial charge in [-0.25, -0.2) is 4.39 Å². The molecule has 2 aromatic rings. The van der Waals surface area contributed by atoms with Gasteiger partial charge < -0.3 is 20.4 Å². The predicted molar refractivity (Wildman–Crippen MR) is 115 cm³/mol. The summed E-state index contributed by atoms with van der Waals surface area (Å²) in [6.07, 6.45) is 0. The Morgan fingerprint density at radius 2 is 1.90 bits per heavy atom. The van der Waals surface area contributed by atoms with Gasteiger partial charge in [-0.15, -0.1) is 0 Å². The second kappa shape index (κ2) is 8.20. The number of amides is 1. The van der Waals surface area contributed by atoms with E-state index in [0.717, 1.165) is 11.3 Å². The van der Waals surface area contributed by atoms with E-state index in [1.54, 1.807) is 12.1 Å². The molecular formula is C22H26ClFN4O. The fourth-order valence-electron chi connectivity index (χ4n) is 4.33. The molecule has 1 saturated heterocycles. The van der Waals surface area contributed by atoms with Crippen molar-refractivity contribution < 1.29 is 9.18 Å². The minimum absolute atomic E-state index is 0.00000239. The Morgan fingerprint density at radius 3 is 2.59 bits per heavy atom. The van der Waals surface area contributed by atoms with Gasteiger partial charge in [0.25, 0.3) is 0 Å². The van der Waals surface area contributed by atoms with Gasteiger partial charge in [-0.1, -0.05) is 29.8 Å². The average molecular weight is 417 g/mol. The number of carbonyl (C=O) groups excluding carboxylic acids is 1. The maximum Gasteiger partial charge on any atom is 0.232 e. The molecule has 0 radical (unpaired) electrons. The number of halogens is 2.